The number of nitrogens with zero attached hydrogens (tertiary/aromatic N) is 6. The number of carbonyl (C=O) groups is 1. The van der Waals surface area contributed by atoms with Crippen LogP contribution in [0.1, 0.15) is 30.2 Å². The topological polar surface area (TPSA) is 90.5 Å². The second kappa shape index (κ2) is 6.40. The molecule has 0 bridgehead atoms. The van der Waals surface area contributed by atoms with Crippen molar-refractivity contribution in [2.75, 3.05) is 5.32 Å². The second-order valence-electron chi connectivity index (χ2n) is 6.16. The quantitative estimate of drug-likeness (QED) is 0.613. The molecule has 0 unspecified atom stereocenters. The minimum atomic E-state index is -0.241. The monoisotopic (exact) mass is 347 g/mol. The number of pyridine rings is 1. The van der Waals surface area contributed by atoms with Crippen LogP contribution in [-0.2, 0) is 0 Å². The van der Waals surface area contributed by atoms with E-state index in [0.717, 1.165) is 11.3 Å². The van der Waals surface area contributed by atoms with Crippen LogP contribution >= 0.6 is 0 Å². The molecule has 130 valence electrons. The molecular weight excluding hydrogens is 330 g/mol. The number of carbonyl (C=O) groups excluding carboxylic acids is 1. The lowest BCUT2D eigenvalue weighted by atomic mass is 10.2. The first-order valence-corrected chi connectivity index (χ1v) is 8.21. The van der Waals surface area contributed by atoms with E-state index >= 15 is 0 Å². The van der Waals surface area contributed by atoms with Crippen LogP contribution in [0.5, 0.6) is 0 Å². The van der Waals surface area contributed by atoms with Gasteiger partial charge in [0.1, 0.15) is 18.2 Å². The van der Waals surface area contributed by atoms with Crippen LogP contribution in [0, 0.1) is 0 Å². The molecule has 3 heterocycles. The van der Waals surface area contributed by atoms with Gasteiger partial charge < -0.3 is 9.88 Å². The molecule has 0 saturated carbocycles. The van der Waals surface area contributed by atoms with E-state index in [0.29, 0.717) is 16.8 Å². The lowest BCUT2D eigenvalue weighted by Gasteiger charge is -2.08. The van der Waals surface area contributed by atoms with Gasteiger partial charge in [-0.3, -0.25) is 4.79 Å². The molecule has 0 spiro atoms. The van der Waals surface area contributed by atoms with Crippen LogP contribution < -0.4 is 5.32 Å². The summed E-state index contributed by atoms with van der Waals surface area (Å²) in [6.45, 7) is 4.12. The average molecular weight is 347 g/mol. The molecule has 3 aromatic heterocycles. The Balaban J connectivity index is 1.59. The highest BCUT2D eigenvalue weighted by Crippen LogP contribution is 2.18. The van der Waals surface area contributed by atoms with Crippen molar-refractivity contribution in [2.24, 2.45) is 0 Å². The Morgan fingerprint density at radius 3 is 2.81 bits per heavy atom. The molecule has 1 aromatic carbocycles. The predicted octanol–water partition coefficient (Wildman–Crippen LogP) is 2.85. The highest BCUT2D eigenvalue weighted by atomic mass is 16.1. The number of anilines is 1. The number of benzene rings is 1. The summed E-state index contributed by atoms with van der Waals surface area (Å²) in [5.74, 6) is -0.241. The standard InChI is InChI=1S/C18H17N7O/c1-12(2)24-11-21-16-6-13(8-20-17(16)24)18(26)23-14-4-3-5-15(7-14)25-10-19-9-22-25/h3-12H,1-2H3,(H,23,26). The van der Waals surface area contributed by atoms with E-state index in [1.807, 2.05) is 28.8 Å². The summed E-state index contributed by atoms with van der Waals surface area (Å²) in [5, 5.41) is 6.97. The summed E-state index contributed by atoms with van der Waals surface area (Å²) >= 11 is 0. The summed E-state index contributed by atoms with van der Waals surface area (Å²) < 4.78 is 3.60. The third-order valence-corrected chi connectivity index (χ3v) is 4.02. The number of rotatable bonds is 4. The Labute approximate surface area is 149 Å². The zero-order chi connectivity index (χ0) is 18.1. The molecule has 1 N–H and O–H groups in total. The van der Waals surface area contributed by atoms with Crippen LogP contribution in [-0.4, -0.2) is 35.2 Å². The van der Waals surface area contributed by atoms with Gasteiger partial charge in [-0.25, -0.2) is 19.6 Å². The van der Waals surface area contributed by atoms with E-state index in [2.05, 4.69) is 39.2 Å². The molecule has 0 fully saturated rings. The van der Waals surface area contributed by atoms with Gasteiger partial charge in [-0.1, -0.05) is 6.07 Å². The Kier molecular flexibility index (Phi) is 3.92. The molecule has 1 amide bonds. The maximum absolute atomic E-state index is 12.6. The van der Waals surface area contributed by atoms with Crippen LogP contribution in [0.15, 0.2) is 55.5 Å². The van der Waals surface area contributed by atoms with Crippen LogP contribution in [0.3, 0.4) is 0 Å². The highest BCUT2D eigenvalue weighted by molar-refractivity contribution is 6.05. The summed E-state index contributed by atoms with van der Waals surface area (Å²) in [5.41, 5.74) is 3.39. The Hall–Kier alpha value is -3.55. The molecule has 26 heavy (non-hydrogen) atoms. The molecular formula is C18H17N7O. The van der Waals surface area contributed by atoms with Crippen molar-refractivity contribution in [2.45, 2.75) is 19.9 Å². The third-order valence-electron chi connectivity index (χ3n) is 4.02. The zero-order valence-electron chi connectivity index (χ0n) is 14.4. The van der Waals surface area contributed by atoms with Crippen LogP contribution in [0.25, 0.3) is 16.9 Å². The van der Waals surface area contributed by atoms with E-state index in [1.165, 1.54) is 6.33 Å². The first kappa shape index (κ1) is 15.9. The lowest BCUT2D eigenvalue weighted by molar-refractivity contribution is 0.102. The molecule has 8 heteroatoms. The predicted molar refractivity (Wildman–Crippen MR) is 97.2 cm³/mol. The Morgan fingerprint density at radius 2 is 2.04 bits per heavy atom. The van der Waals surface area contributed by atoms with Gasteiger partial charge in [-0.05, 0) is 38.1 Å². The van der Waals surface area contributed by atoms with Crippen LogP contribution in [0.2, 0.25) is 0 Å². The fourth-order valence-electron chi connectivity index (χ4n) is 2.69. The molecule has 4 aromatic rings. The molecule has 0 aliphatic carbocycles. The average Bonchev–Trinajstić information content (AvgIpc) is 3.31. The van der Waals surface area contributed by atoms with E-state index in [-0.39, 0.29) is 11.9 Å². The lowest BCUT2D eigenvalue weighted by Crippen LogP contribution is -2.12. The van der Waals surface area contributed by atoms with Gasteiger partial charge >= 0.3 is 0 Å². The van der Waals surface area contributed by atoms with Crippen molar-refractivity contribution >= 4 is 22.8 Å². The minimum absolute atomic E-state index is 0.241. The van der Waals surface area contributed by atoms with E-state index in [9.17, 15) is 4.79 Å². The van der Waals surface area contributed by atoms with Crippen molar-refractivity contribution < 1.29 is 4.79 Å². The number of nitrogens with one attached hydrogen (secondary N) is 1. The van der Waals surface area contributed by atoms with E-state index in [4.69, 9.17) is 0 Å². The summed E-state index contributed by atoms with van der Waals surface area (Å²) in [7, 11) is 0. The molecule has 0 saturated heterocycles. The van der Waals surface area contributed by atoms with Crippen molar-refractivity contribution in [3.05, 3.63) is 61.1 Å². The number of aromatic nitrogens is 6. The molecule has 0 aliphatic rings. The van der Waals surface area contributed by atoms with E-state index in [1.54, 1.807) is 29.6 Å². The summed E-state index contributed by atoms with van der Waals surface area (Å²) in [6.07, 6.45) is 6.37. The molecule has 4 rings (SSSR count). The van der Waals surface area contributed by atoms with Crippen molar-refractivity contribution in [1.82, 2.24) is 29.3 Å². The Bertz CT molecular complexity index is 1070. The van der Waals surface area contributed by atoms with Crippen LogP contribution in [0.4, 0.5) is 5.69 Å². The van der Waals surface area contributed by atoms with Gasteiger partial charge in [-0.2, -0.15) is 5.10 Å². The molecule has 8 nitrogen and oxygen atoms in total. The maximum Gasteiger partial charge on any atom is 0.257 e. The minimum Gasteiger partial charge on any atom is -0.322 e. The van der Waals surface area contributed by atoms with E-state index < -0.39 is 0 Å². The molecule has 0 aliphatic heterocycles. The Morgan fingerprint density at radius 1 is 1.15 bits per heavy atom. The fraction of sp³-hybridized carbons (Fsp3) is 0.167. The number of imidazole rings is 1. The van der Waals surface area contributed by atoms with Gasteiger partial charge in [-0.15, -0.1) is 0 Å². The number of hydrogen-bond acceptors (Lipinski definition) is 5. The van der Waals surface area contributed by atoms with Gasteiger partial charge in [0, 0.05) is 17.9 Å². The zero-order valence-corrected chi connectivity index (χ0v) is 14.4. The molecule has 0 atom stereocenters. The van der Waals surface area contributed by atoms with Gasteiger partial charge in [0.25, 0.3) is 5.91 Å². The first-order chi connectivity index (χ1) is 12.6. The van der Waals surface area contributed by atoms with Gasteiger partial charge in [0.2, 0.25) is 0 Å². The van der Waals surface area contributed by atoms with Crippen molar-refractivity contribution in [3.8, 4) is 5.69 Å². The number of amides is 1. The second-order valence-corrected chi connectivity index (χ2v) is 6.16. The third kappa shape index (κ3) is 2.92. The van der Waals surface area contributed by atoms with Gasteiger partial charge in [0.15, 0.2) is 5.65 Å². The largest absolute Gasteiger partial charge is 0.322 e. The SMILES string of the molecule is CC(C)n1cnc2cc(C(=O)Nc3cccc(-n4cncn4)c3)cnc21. The maximum atomic E-state index is 12.6. The van der Waals surface area contributed by atoms with Gasteiger partial charge in [0.05, 0.1) is 17.6 Å². The smallest absolute Gasteiger partial charge is 0.257 e. The summed E-state index contributed by atoms with van der Waals surface area (Å²) in [4.78, 5) is 25.2. The highest BCUT2D eigenvalue weighted by Gasteiger charge is 2.12. The normalized spacial score (nSPS) is 11.2. The fourth-order valence-corrected chi connectivity index (χ4v) is 2.69. The summed E-state index contributed by atoms with van der Waals surface area (Å²) in [6, 6.07) is 9.38. The number of hydrogen-bond donors (Lipinski definition) is 1. The number of fused-ring (bicyclic) bond motifs is 1. The molecule has 0 radical (unpaired) electrons. The van der Waals surface area contributed by atoms with Crippen molar-refractivity contribution in [3.63, 3.8) is 0 Å². The first-order valence-electron chi connectivity index (χ1n) is 8.21. The van der Waals surface area contributed by atoms with Crippen molar-refractivity contribution in [1.29, 1.82) is 0 Å².